The van der Waals surface area contributed by atoms with Gasteiger partial charge in [-0.3, -0.25) is 0 Å². The fraction of sp³-hybridized carbons (Fsp3) is 0.400. The summed E-state index contributed by atoms with van der Waals surface area (Å²) < 4.78 is 0. The van der Waals surface area contributed by atoms with Gasteiger partial charge in [-0.2, -0.15) is 0 Å². The van der Waals surface area contributed by atoms with E-state index in [1.807, 2.05) is 19.1 Å². The SMILES string of the molecule is CC1(O)Cc2ccccc2C1Br. The highest BCUT2D eigenvalue weighted by Crippen LogP contribution is 2.44. The van der Waals surface area contributed by atoms with Gasteiger partial charge in [0.25, 0.3) is 0 Å². The number of rotatable bonds is 0. The van der Waals surface area contributed by atoms with Crippen molar-refractivity contribution in [2.75, 3.05) is 0 Å². The predicted molar refractivity (Wildman–Crippen MR) is 52.4 cm³/mol. The minimum Gasteiger partial charge on any atom is -0.388 e. The third kappa shape index (κ3) is 1.10. The van der Waals surface area contributed by atoms with Crippen LogP contribution in [0, 0.1) is 0 Å². The van der Waals surface area contributed by atoms with E-state index in [1.165, 1.54) is 11.1 Å². The summed E-state index contributed by atoms with van der Waals surface area (Å²) >= 11 is 3.51. The first-order valence-electron chi connectivity index (χ1n) is 4.05. The van der Waals surface area contributed by atoms with Crippen LogP contribution in [0.25, 0.3) is 0 Å². The van der Waals surface area contributed by atoms with Gasteiger partial charge < -0.3 is 5.11 Å². The standard InChI is InChI=1S/C10H11BrO/c1-10(12)6-7-4-2-3-5-8(7)9(10)11/h2-5,9,12H,6H2,1H3. The van der Waals surface area contributed by atoms with E-state index in [0.717, 1.165) is 6.42 Å². The van der Waals surface area contributed by atoms with Crippen LogP contribution in [0.15, 0.2) is 24.3 Å². The molecule has 0 aromatic heterocycles. The van der Waals surface area contributed by atoms with Gasteiger partial charge >= 0.3 is 0 Å². The first kappa shape index (κ1) is 8.27. The van der Waals surface area contributed by atoms with E-state index in [-0.39, 0.29) is 4.83 Å². The number of aliphatic hydroxyl groups is 1. The second-order valence-corrected chi connectivity index (χ2v) is 4.51. The summed E-state index contributed by atoms with van der Waals surface area (Å²) in [6, 6.07) is 8.16. The number of alkyl halides is 1. The molecule has 1 aliphatic carbocycles. The van der Waals surface area contributed by atoms with Crippen LogP contribution in [-0.2, 0) is 6.42 Å². The van der Waals surface area contributed by atoms with E-state index < -0.39 is 5.60 Å². The predicted octanol–water partition coefficient (Wildman–Crippen LogP) is 2.43. The third-order valence-corrected chi connectivity index (χ3v) is 3.90. The lowest BCUT2D eigenvalue weighted by atomic mass is 10.0. The largest absolute Gasteiger partial charge is 0.388 e. The van der Waals surface area contributed by atoms with E-state index >= 15 is 0 Å². The molecule has 2 unspecified atom stereocenters. The van der Waals surface area contributed by atoms with E-state index in [1.54, 1.807) is 0 Å². The number of benzene rings is 1. The fourth-order valence-corrected chi connectivity index (χ4v) is 2.36. The maximum atomic E-state index is 9.94. The zero-order valence-corrected chi connectivity index (χ0v) is 8.51. The molecule has 0 amide bonds. The van der Waals surface area contributed by atoms with Crippen molar-refractivity contribution < 1.29 is 5.11 Å². The quantitative estimate of drug-likeness (QED) is 0.675. The summed E-state index contributed by atoms with van der Waals surface area (Å²) in [5.41, 5.74) is 1.86. The van der Waals surface area contributed by atoms with Crippen molar-refractivity contribution in [3.63, 3.8) is 0 Å². The summed E-state index contributed by atoms with van der Waals surface area (Å²) in [7, 11) is 0. The summed E-state index contributed by atoms with van der Waals surface area (Å²) in [6.45, 7) is 1.87. The van der Waals surface area contributed by atoms with E-state index in [9.17, 15) is 5.11 Å². The van der Waals surface area contributed by atoms with Crippen molar-refractivity contribution in [3.05, 3.63) is 35.4 Å². The molecule has 0 radical (unpaired) electrons. The second-order valence-electron chi connectivity index (χ2n) is 3.60. The summed E-state index contributed by atoms with van der Waals surface area (Å²) in [5.74, 6) is 0. The Morgan fingerprint density at radius 1 is 1.50 bits per heavy atom. The zero-order chi connectivity index (χ0) is 8.77. The average molecular weight is 227 g/mol. The molecule has 0 spiro atoms. The Balaban J connectivity index is 2.49. The molecule has 0 heterocycles. The Hall–Kier alpha value is -0.340. The smallest absolute Gasteiger partial charge is 0.0825 e. The first-order valence-corrected chi connectivity index (χ1v) is 4.97. The van der Waals surface area contributed by atoms with E-state index in [2.05, 4.69) is 28.1 Å². The monoisotopic (exact) mass is 226 g/mol. The second kappa shape index (κ2) is 2.57. The highest BCUT2D eigenvalue weighted by molar-refractivity contribution is 9.09. The summed E-state index contributed by atoms with van der Waals surface area (Å²) in [4.78, 5) is 0.0844. The number of halogens is 1. The molecule has 1 nitrogen and oxygen atoms in total. The number of hydrogen-bond acceptors (Lipinski definition) is 1. The van der Waals surface area contributed by atoms with Gasteiger partial charge in [0.05, 0.1) is 10.4 Å². The van der Waals surface area contributed by atoms with Crippen LogP contribution in [0.3, 0.4) is 0 Å². The Morgan fingerprint density at radius 3 is 2.83 bits per heavy atom. The van der Waals surface area contributed by atoms with Crippen molar-refractivity contribution in [1.82, 2.24) is 0 Å². The summed E-state index contributed by atoms with van der Waals surface area (Å²) in [5, 5.41) is 9.94. The maximum Gasteiger partial charge on any atom is 0.0825 e. The lowest BCUT2D eigenvalue weighted by Gasteiger charge is -2.20. The average Bonchev–Trinajstić information content (AvgIpc) is 2.24. The van der Waals surface area contributed by atoms with Crippen molar-refractivity contribution in [2.24, 2.45) is 0 Å². The third-order valence-electron chi connectivity index (χ3n) is 2.42. The fourth-order valence-electron chi connectivity index (χ4n) is 1.75. The molecule has 1 aromatic rings. The van der Waals surface area contributed by atoms with E-state index in [0.29, 0.717) is 0 Å². The van der Waals surface area contributed by atoms with Crippen molar-refractivity contribution >= 4 is 15.9 Å². The lowest BCUT2D eigenvalue weighted by Crippen LogP contribution is -2.25. The Kier molecular flexibility index (Phi) is 1.77. The lowest BCUT2D eigenvalue weighted by molar-refractivity contribution is 0.0706. The van der Waals surface area contributed by atoms with Crippen LogP contribution in [0.4, 0.5) is 0 Å². The topological polar surface area (TPSA) is 20.2 Å². The van der Waals surface area contributed by atoms with Gasteiger partial charge in [-0.25, -0.2) is 0 Å². The summed E-state index contributed by atoms with van der Waals surface area (Å²) in [6.07, 6.45) is 0.749. The van der Waals surface area contributed by atoms with Gasteiger partial charge in [0.15, 0.2) is 0 Å². The maximum absolute atomic E-state index is 9.94. The molecule has 0 aliphatic heterocycles. The van der Waals surface area contributed by atoms with Crippen LogP contribution in [0.2, 0.25) is 0 Å². The Bertz CT molecular complexity index is 306. The van der Waals surface area contributed by atoms with Crippen LogP contribution in [0.1, 0.15) is 22.9 Å². The van der Waals surface area contributed by atoms with Crippen molar-refractivity contribution in [2.45, 2.75) is 23.8 Å². The van der Waals surface area contributed by atoms with Gasteiger partial charge in [0.1, 0.15) is 0 Å². The molecule has 12 heavy (non-hydrogen) atoms. The molecule has 2 atom stereocenters. The number of fused-ring (bicyclic) bond motifs is 1. The van der Waals surface area contributed by atoms with Gasteiger partial charge in [-0.15, -0.1) is 0 Å². The van der Waals surface area contributed by atoms with E-state index in [4.69, 9.17) is 0 Å². The Morgan fingerprint density at radius 2 is 2.17 bits per heavy atom. The molecule has 0 saturated heterocycles. The van der Waals surface area contributed by atoms with Gasteiger partial charge in [0, 0.05) is 6.42 Å². The zero-order valence-electron chi connectivity index (χ0n) is 6.92. The molecule has 1 aliphatic rings. The number of hydrogen-bond donors (Lipinski definition) is 1. The van der Waals surface area contributed by atoms with Crippen LogP contribution in [-0.4, -0.2) is 10.7 Å². The normalized spacial score (nSPS) is 33.4. The minimum absolute atomic E-state index is 0.0844. The molecule has 1 aromatic carbocycles. The molecule has 0 saturated carbocycles. The minimum atomic E-state index is -0.621. The highest BCUT2D eigenvalue weighted by atomic mass is 79.9. The van der Waals surface area contributed by atoms with Gasteiger partial charge in [0.2, 0.25) is 0 Å². The molecule has 2 rings (SSSR count). The van der Waals surface area contributed by atoms with Gasteiger partial charge in [-0.05, 0) is 18.1 Å². The molecular weight excluding hydrogens is 216 g/mol. The molecule has 0 fully saturated rings. The first-order chi connectivity index (χ1) is 5.61. The molecule has 1 N–H and O–H groups in total. The molecular formula is C10H11BrO. The van der Waals surface area contributed by atoms with Crippen molar-refractivity contribution in [1.29, 1.82) is 0 Å². The van der Waals surface area contributed by atoms with Crippen molar-refractivity contribution in [3.8, 4) is 0 Å². The molecule has 64 valence electrons. The van der Waals surface area contributed by atoms with Crippen LogP contribution < -0.4 is 0 Å². The van der Waals surface area contributed by atoms with Crippen LogP contribution in [0.5, 0.6) is 0 Å². The van der Waals surface area contributed by atoms with Gasteiger partial charge in [-0.1, -0.05) is 40.2 Å². The highest BCUT2D eigenvalue weighted by Gasteiger charge is 2.38. The molecule has 2 heteroatoms. The Labute approximate surface area is 80.5 Å². The van der Waals surface area contributed by atoms with Crippen LogP contribution >= 0.6 is 15.9 Å². The molecule has 0 bridgehead atoms.